The summed E-state index contributed by atoms with van der Waals surface area (Å²) in [5.74, 6) is 0. The molecule has 0 spiro atoms. The van der Waals surface area contributed by atoms with Crippen LogP contribution in [0.2, 0.25) is 12.6 Å². The molecule has 2 aliphatic carbocycles. The fourth-order valence-corrected chi connectivity index (χ4v) is 4.92. The lowest BCUT2D eigenvalue weighted by Gasteiger charge is -2.42. The number of rotatable bonds is 5. The number of hydrogen-bond acceptors (Lipinski definition) is 1. The first-order valence-corrected chi connectivity index (χ1v) is 11.3. The molecular weight excluding hydrogens is 289 g/mol. The maximum Gasteiger partial charge on any atom is 0.253 e. The van der Waals surface area contributed by atoms with E-state index in [0.29, 0.717) is 0 Å². The topological polar surface area (TPSA) is 3.24 Å². The summed E-state index contributed by atoms with van der Waals surface area (Å²) in [6.07, 6.45) is 26.8. The van der Waals surface area contributed by atoms with E-state index >= 15 is 0 Å². The van der Waals surface area contributed by atoms with Crippen molar-refractivity contribution < 1.29 is 0 Å². The molecule has 2 rings (SSSR count). The lowest BCUT2D eigenvalue weighted by atomic mass is 9.53. The summed E-state index contributed by atoms with van der Waals surface area (Å²) < 4.78 is 0. The van der Waals surface area contributed by atoms with Crippen molar-refractivity contribution in [3.05, 3.63) is 11.8 Å². The minimum atomic E-state index is 0.771. The second-order valence-electron chi connectivity index (χ2n) is 8.23. The minimum absolute atomic E-state index is 0.771. The Balaban J connectivity index is 2.11. The van der Waals surface area contributed by atoms with E-state index in [2.05, 4.69) is 24.7 Å². The molecule has 2 heteroatoms. The van der Waals surface area contributed by atoms with Crippen LogP contribution in [0.4, 0.5) is 0 Å². The first kappa shape index (κ1) is 19.9. The van der Waals surface area contributed by atoms with E-state index in [1.165, 1.54) is 109 Å². The lowest BCUT2D eigenvalue weighted by Crippen LogP contribution is -2.46. The summed E-state index contributed by atoms with van der Waals surface area (Å²) in [7, 11) is 0. The Morgan fingerprint density at radius 2 is 1.33 bits per heavy atom. The summed E-state index contributed by atoms with van der Waals surface area (Å²) in [6.45, 7) is 5.58. The summed E-state index contributed by atoms with van der Waals surface area (Å²) >= 11 is 0. The third-order valence-electron chi connectivity index (χ3n) is 6.40. The average molecular weight is 331 g/mol. The van der Waals surface area contributed by atoms with Gasteiger partial charge in [0, 0.05) is 6.04 Å². The van der Waals surface area contributed by atoms with E-state index in [4.69, 9.17) is 0 Å². The van der Waals surface area contributed by atoms with Crippen LogP contribution >= 0.6 is 0 Å². The molecule has 2 aliphatic rings. The highest BCUT2D eigenvalue weighted by Gasteiger charge is 2.29. The molecule has 0 bridgehead atoms. The van der Waals surface area contributed by atoms with Crippen molar-refractivity contribution in [2.45, 2.75) is 129 Å². The molecule has 0 amide bonds. The zero-order chi connectivity index (χ0) is 17.0. The van der Waals surface area contributed by atoms with Gasteiger partial charge < -0.3 is 4.81 Å². The number of allylic oxidation sites excluding steroid dienone is 2. The molecule has 1 nitrogen and oxygen atoms in total. The molecule has 0 aromatic carbocycles. The Labute approximate surface area is 152 Å². The molecule has 138 valence electrons. The van der Waals surface area contributed by atoms with Crippen LogP contribution in [0, 0.1) is 0 Å². The van der Waals surface area contributed by atoms with Crippen molar-refractivity contribution in [2.75, 3.05) is 0 Å². The maximum absolute atomic E-state index is 2.94. The highest BCUT2D eigenvalue weighted by atomic mass is 15.1. The van der Waals surface area contributed by atoms with Gasteiger partial charge in [-0.3, -0.25) is 0 Å². The zero-order valence-electron chi connectivity index (χ0n) is 16.7. The predicted molar refractivity (Wildman–Crippen MR) is 110 cm³/mol. The van der Waals surface area contributed by atoms with Crippen LogP contribution in [0.3, 0.4) is 0 Å². The smallest absolute Gasteiger partial charge is 0.253 e. The van der Waals surface area contributed by atoms with Gasteiger partial charge in [0.25, 0.3) is 6.85 Å². The van der Waals surface area contributed by atoms with Crippen LogP contribution in [-0.2, 0) is 0 Å². The van der Waals surface area contributed by atoms with E-state index in [0.717, 1.165) is 12.9 Å². The Hall–Kier alpha value is -0.395. The van der Waals surface area contributed by atoms with Crippen LogP contribution in [0.15, 0.2) is 11.8 Å². The summed E-state index contributed by atoms with van der Waals surface area (Å²) in [5, 5.41) is 0. The highest BCUT2D eigenvalue weighted by Crippen LogP contribution is 2.31. The second-order valence-corrected chi connectivity index (χ2v) is 8.23. The zero-order valence-corrected chi connectivity index (χ0v) is 16.7. The fraction of sp³-hybridized carbons (Fsp3) is 0.909. The Morgan fingerprint density at radius 3 is 1.96 bits per heavy atom. The van der Waals surface area contributed by atoms with E-state index in [1.54, 1.807) is 5.70 Å². The van der Waals surface area contributed by atoms with E-state index in [1.807, 2.05) is 0 Å². The van der Waals surface area contributed by atoms with Gasteiger partial charge in [0.15, 0.2) is 0 Å². The molecule has 0 heterocycles. The fourth-order valence-electron chi connectivity index (χ4n) is 4.92. The van der Waals surface area contributed by atoms with Gasteiger partial charge in [-0.2, -0.15) is 0 Å². The Morgan fingerprint density at radius 1 is 0.792 bits per heavy atom. The molecule has 1 fully saturated rings. The molecule has 0 N–H and O–H groups in total. The normalized spacial score (nSPS) is 24.3. The molecule has 1 saturated carbocycles. The van der Waals surface area contributed by atoms with Crippen molar-refractivity contribution in [1.82, 2.24) is 4.81 Å². The third kappa shape index (κ3) is 6.49. The van der Waals surface area contributed by atoms with Crippen molar-refractivity contribution in [3.8, 4) is 0 Å². The first-order chi connectivity index (χ1) is 11.9. The van der Waals surface area contributed by atoms with Crippen LogP contribution in [0.25, 0.3) is 0 Å². The molecule has 0 unspecified atom stereocenters. The van der Waals surface area contributed by atoms with Crippen molar-refractivity contribution in [1.29, 1.82) is 0 Å². The van der Waals surface area contributed by atoms with Gasteiger partial charge in [0.1, 0.15) is 0 Å². The summed E-state index contributed by atoms with van der Waals surface area (Å²) in [4.78, 5) is 2.94. The SMILES string of the molecule is CCB(CC)N(/C1=C\CCCCCCCCCC1)C1CCCCC1. The van der Waals surface area contributed by atoms with Gasteiger partial charge in [0.2, 0.25) is 0 Å². The minimum Gasteiger partial charge on any atom is -0.416 e. The van der Waals surface area contributed by atoms with E-state index in [-0.39, 0.29) is 0 Å². The van der Waals surface area contributed by atoms with Gasteiger partial charge in [-0.05, 0) is 44.2 Å². The molecule has 24 heavy (non-hydrogen) atoms. The molecule has 0 aliphatic heterocycles. The monoisotopic (exact) mass is 331 g/mol. The van der Waals surface area contributed by atoms with Crippen LogP contribution < -0.4 is 0 Å². The molecule has 0 aromatic heterocycles. The number of hydrogen-bond donors (Lipinski definition) is 0. The van der Waals surface area contributed by atoms with E-state index in [9.17, 15) is 0 Å². The molecule has 0 saturated heterocycles. The maximum atomic E-state index is 2.94. The van der Waals surface area contributed by atoms with Gasteiger partial charge >= 0.3 is 0 Å². The molecular formula is C22H42BN. The largest absolute Gasteiger partial charge is 0.416 e. The lowest BCUT2D eigenvalue weighted by molar-refractivity contribution is 0.281. The standard InChI is InChI=1S/C22H42BN/c1-3-23(4-2)24(22-19-15-12-16-20-22)21-17-13-10-8-6-5-7-9-11-14-18-21/h17,22H,3-16,18-20H2,1-2H3/b21-17-. The second kappa shape index (κ2) is 12.0. The highest BCUT2D eigenvalue weighted by molar-refractivity contribution is 6.56. The molecule has 0 aromatic rings. The van der Waals surface area contributed by atoms with Gasteiger partial charge in [-0.25, -0.2) is 0 Å². The summed E-state index contributed by atoms with van der Waals surface area (Å²) in [5.41, 5.74) is 1.73. The van der Waals surface area contributed by atoms with Crippen LogP contribution in [0.1, 0.15) is 110 Å². The first-order valence-electron chi connectivity index (χ1n) is 11.3. The van der Waals surface area contributed by atoms with E-state index < -0.39 is 0 Å². The summed E-state index contributed by atoms with van der Waals surface area (Å²) in [6, 6.07) is 0.836. The van der Waals surface area contributed by atoms with Crippen LogP contribution in [-0.4, -0.2) is 17.7 Å². The van der Waals surface area contributed by atoms with Gasteiger partial charge in [-0.1, -0.05) is 90.4 Å². The van der Waals surface area contributed by atoms with Crippen molar-refractivity contribution in [3.63, 3.8) is 0 Å². The Bertz CT molecular complexity index is 342. The molecule has 0 atom stereocenters. The average Bonchev–Trinajstić information content (AvgIpc) is 2.61. The van der Waals surface area contributed by atoms with Crippen molar-refractivity contribution >= 4 is 6.85 Å². The van der Waals surface area contributed by atoms with Crippen molar-refractivity contribution in [2.24, 2.45) is 0 Å². The van der Waals surface area contributed by atoms with Crippen LogP contribution in [0.5, 0.6) is 0 Å². The predicted octanol–water partition coefficient (Wildman–Crippen LogP) is 7.45. The quantitative estimate of drug-likeness (QED) is 0.473. The van der Waals surface area contributed by atoms with Gasteiger partial charge in [-0.15, -0.1) is 0 Å². The third-order valence-corrected chi connectivity index (χ3v) is 6.40. The van der Waals surface area contributed by atoms with Gasteiger partial charge in [0.05, 0.1) is 0 Å². The Kier molecular flexibility index (Phi) is 9.99. The molecule has 0 radical (unpaired) electrons. The number of nitrogens with zero attached hydrogens (tertiary/aromatic N) is 1.